The van der Waals surface area contributed by atoms with Crippen LogP contribution in [0.15, 0.2) is 24.3 Å². The van der Waals surface area contributed by atoms with E-state index in [1.165, 1.54) is 22.8 Å². The number of carbonyl (C=O) groups excluding carboxylic acids is 3. The van der Waals surface area contributed by atoms with E-state index in [0.29, 0.717) is 23.9 Å². The first-order chi connectivity index (χ1) is 15.6. The molecule has 1 aromatic carbocycles. The highest BCUT2D eigenvalue weighted by Gasteiger charge is 2.50. The Balaban J connectivity index is 2.11. The maximum absolute atomic E-state index is 13.8. The van der Waals surface area contributed by atoms with Gasteiger partial charge in [-0.2, -0.15) is 5.10 Å². The molecule has 3 rings (SSSR count). The van der Waals surface area contributed by atoms with Crippen molar-refractivity contribution in [1.29, 1.82) is 0 Å². The molecule has 1 aliphatic rings. The van der Waals surface area contributed by atoms with E-state index in [1.807, 2.05) is 19.1 Å². The van der Waals surface area contributed by atoms with E-state index in [1.54, 1.807) is 19.9 Å². The van der Waals surface area contributed by atoms with Crippen molar-refractivity contribution in [3.8, 4) is 5.75 Å². The van der Waals surface area contributed by atoms with E-state index >= 15 is 0 Å². The zero-order valence-electron chi connectivity index (χ0n) is 20.1. The van der Waals surface area contributed by atoms with Gasteiger partial charge in [0.15, 0.2) is 5.69 Å². The molecule has 0 aliphatic carbocycles. The van der Waals surface area contributed by atoms with Crippen LogP contribution in [-0.4, -0.2) is 53.4 Å². The molecular formula is C24H32N4O5. The molecule has 33 heavy (non-hydrogen) atoms. The molecule has 2 amide bonds. The molecule has 1 N–H and O–H groups in total. The molecule has 9 nitrogen and oxygen atoms in total. The smallest absolute Gasteiger partial charge is 0.358 e. The molecule has 1 aliphatic heterocycles. The molecule has 0 bridgehead atoms. The Morgan fingerprint density at radius 1 is 1.27 bits per heavy atom. The number of hydrogen-bond donors (Lipinski definition) is 1. The van der Waals surface area contributed by atoms with Gasteiger partial charge < -0.3 is 14.8 Å². The van der Waals surface area contributed by atoms with Crippen molar-refractivity contribution in [1.82, 2.24) is 15.1 Å². The lowest BCUT2D eigenvalue weighted by Crippen LogP contribution is -2.64. The van der Waals surface area contributed by atoms with Crippen LogP contribution in [0.25, 0.3) is 0 Å². The third kappa shape index (κ3) is 4.72. The summed E-state index contributed by atoms with van der Waals surface area (Å²) in [6.07, 6.45) is 0.809. The van der Waals surface area contributed by atoms with Crippen molar-refractivity contribution in [2.75, 3.05) is 25.2 Å². The van der Waals surface area contributed by atoms with Crippen LogP contribution in [0, 0.1) is 12.8 Å². The van der Waals surface area contributed by atoms with E-state index in [9.17, 15) is 14.4 Å². The van der Waals surface area contributed by atoms with Crippen LogP contribution in [0.2, 0.25) is 0 Å². The monoisotopic (exact) mass is 456 g/mol. The fraction of sp³-hybridized carbons (Fsp3) is 0.500. The molecule has 0 spiro atoms. The lowest BCUT2D eigenvalue weighted by Gasteiger charge is -2.43. The first-order valence-corrected chi connectivity index (χ1v) is 11.1. The molecule has 0 saturated carbocycles. The van der Waals surface area contributed by atoms with Gasteiger partial charge in [0.05, 0.1) is 25.9 Å². The number of carbonyl (C=O) groups is 3. The van der Waals surface area contributed by atoms with E-state index < -0.39 is 17.4 Å². The normalized spacial score (nSPS) is 17.7. The Labute approximate surface area is 194 Å². The molecule has 1 aromatic heterocycles. The highest BCUT2D eigenvalue weighted by Crippen LogP contribution is 2.38. The van der Waals surface area contributed by atoms with E-state index in [4.69, 9.17) is 9.47 Å². The van der Waals surface area contributed by atoms with Crippen LogP contribution in [-0.2, 0) is 16.1 Å². The second kappa shape index (κ2) is 9.64. The van der Waals surface area contributed by atoms with Crippen molar-refractivity contribution < 1.29 is 23.9 Å². The molecule has 0 unspecified atom stereocenters. The summed E-state index contributed by atoms with van der Waals surface area (Å²) in [6, 6.07) is 6.87. The Kier molecular flexibility index (Phi) is 7.09. The molecule has 0 fully saturated rings. The Morgan fingerprint density at radius 3 is 2.64 bits per heavy atom. The van der Waals surface area contributed by atoms with Gasteiger partial charge in [0, 0.05) is 12.6 Å². The highest BCUT2D eigenvalue weighted by molar-refractivity contribution is 6.13. The molecule has 2 aromatic rings. The first-order valence-electron chi connectivity index (χ1n) is 11.1. The fourth-order valence-electron chi connectivity index (χ4n) is 3.90. The zero-order valence-corrected chi connectivity index (χ0v) is 20.1. The molecule has 0 radical (unpaired) electrons. The number of ether oxygens (including phenoxy) is 2. The van der Waals surface area contributed by atoms with Crippen molar-refractivity contribution in [3.63, 3.8) is 0 Å². The van der Waals surface area contributed by atoms with Crippen LogP contribution in [0.5, 0.6) is 5.75 Å². The lowest BCUT2D eigenvalue weighted by atomic mass is 9.93. The Morgan fingerprint density at radius 2 is 2.00 bits per heavy atom. The van der Waals surface area contributed by atoms with E-state index in [0.717, 1.165) is 12.0 Å². The van der Waals surface area contributed by atoms with Gasteiger partial charge >= 0.3 is 5.97 Å². The zero-order chi connectivity index (χ0) is 24.3. The Hall–Kier alpha value is -3.36. The van der Waals surface area contributed by atoms with Gasteiger partial charge in [-0.3, -0.25) is 19.2 Å². The second-order valence-corrected chi connectivity index (χ2v) is 8.82. The number of aromatic nitrogens is 2. The summed E-state index contributed by atoms with van der Waals surface area (Å²) in [6.45, 7) is 10.2. The van der Waals surface area contributed by atoms with E-state index in [-0.39, 0.29) is 30.4 Å². The summed E-state index contributed by atoms with van der Waals surface area (Å²) in [5.41, 5.74) is 0.316. The number of fused-ring (bicyclic) bond motifs is 1. The SMILES string of the molecule is CCOC(=O)c1cc2n(n1)C[C@](C)(C(=O)NCCC(C)C)N(c1cc(C)ccc1OC)C2=O. The molecule has 2 heterocycles. The summed E-state index contributed by atoms with van der Waals surface area (Å²) < 4.78 is 12.0. The van der Waals surface area contributed by atoms with Crippen LogP contribution in [0.1, 0.15) is 60.7 Å². The lowest BCUT2D eigenvalue weighted by molar-refractivity contribution is -0.126. The largest absolute Gasteiger partial charge is 0.495 e. The number of amides is 2. The number of methoxy groups -OCH3 is 1. The fourth-order valence-corrected chi connectivity index (χ4v) is 3.90. The third-order valence-corrected chi connectivity index (χ3v) is 5.71. The minimum atomic E-state index is -1.31. The molecule has 1 atom stereocenters. The number of esters is 1. The van der Waals surface area contributed by atoms with Crippen LogP contribution in [0.4, 0.5) is 5.69 Å². The summed E-state index contributed by atoms with van der Waals surface area (Å²) >= 11 is 0. The van der Waals surface area contributed by atoms with Gasteiger partial charge in [-0.1, -0.05) is 19.9 Å². The number of rotatable bonds is 8. The van der Waals surface area contributed by atoms with Gasteiger partial charge in [0.1, 0.15) is 17.0 Å². The predicted octanol–water partition coefficient (Wildman–Crippen LogP) is 2.96. The van der Waals surface area contributed by atoms with Crippen molar-refractivity contribution in [2.45, 2.75) is 53.1 Å². The van der Waals surface area contributed by atoms with Crippen molar-refractivity contribution >= 4 is 23.5 Å². The molecular weight excluding hydrogens is 424 g/mol. The number of aryl methyl sites for hydroxylation is 1. The number of nitrogens with zero attached hydrogens (tertiary/aromatic N) is 3. The minimum absolute atomic E-state index is 0.0285. The van der Waals surface area contributed by atoms with Crippen LogP contribution in [0.3, 0.4) is 0 Å². The van der Waals surface area contributed by atoms with Gasteiger partial charge in [-0.25, -0.2) is 4.79 Å². The van der Waals surface area contributed by atoms with Gasteiger partial charge in [-0.05, 0) is 50.8 Å². The van der Waals surface area contributed by atoms with Crippen molar-refractivity contribution in [3.05, 3.63) is 41.2 Å². The standard InChI is InChI=1S/C24H32N4O5/c1-7-33-22(30)17-13-19-21(29)28(18-12-16(4)8-9-20(18)32-6)24(5,14-27(19)26-17)23(31)25-11-10-15(2)3/h8-9,12-13,15H,7,10-11,14H2,1-6H3,(H,25,31)/t24-/m1/s1. The minimum Gasteiger partial charge on any atom is -0.495 e. The predicted molar refractivity (Wildman–Crippen MR) is 124 cm³/mol. The molecule has 178 valence electrons. The summed E-state index contributed by atoms with van der Waals surface area (Å²) in [7, 11) is 1.52. The average molecular weight is 457 g/mol. The topological polar surface area (TPSA) is 103 Å². The maximum Gasteiger partial charge on any atom is 0.358 e. The summed E-state index contributed by atoms with van der Waals surface area (Å²) in [5.74, 6) is -0.485. The third-order valence-electron chi connectivity index (χ3n) is 5.71. The number of nitrogens with one attached hydrogen (secondary N) is 1. The number of benzene rings is 1. The van der Waals surface area contributed by atoms with Gasteiger partial charge in [-0.15, -0.1) is 0 Å². The van der Waals surface area contributed by atoms with Gasteiger partial charge in [0.25, 0.3) is 5.91 Å². The number of hydrogen-bond acceptors (Lipinski definition) is 6. The Bertz CT molecular complexity index is 1060. The van der Waals surface area contributed by atoms with Gasteiger partial charge in [0.2, 0.25) is 5.91 Å². The average Bonchev–Trinajstić information content (AvgIpc) is 3.18. The highest BCUT2D eigenvalue weighted by atomic mass is 16.5. The maximum atomic E-state index is 13.8. The summed E-state index contributed by atoms with van der Waals surface area (Å²) in [5, 5.41) is 7.25. The quantitative estimate of drug-likeness (QED) is 0.613. The molecule has 9 heteroatoms. The number of anilines is 1. The summed E-state index contributed by atoms with van der Waals surface area (Å²) in [4.78, 5) is 41.0. The first kappa shape index (κ1) is 24.3. The second-order valence-electron chi connectivity index (χ2n) is 8.82. The van der Waals surface area contributed by atoms with Crippen LogP contribution >= 0.6 is 0 Å². The van der Waals surface area contributed by atoms with Crippen LogP contribution < -0.4 is 15.0 Å². The van der Waals surface area contributed by atoms with Crippen molar-refractivity contribution in [2.24, 2.45) is 5.92 Å². The van der Waals surface area contributed by atoms with E-state index in [2.05, 4.69) is 24.3 Å². The molecule has 0 saturated heterocycles.